The smallest absolute Gasteiger partial charge is 0.203 e. The van der Waals surface area contributed by atoms with Crippen molar-refractivity contribution in [1.82, 2.24) is 0 Å². The molecule has 0 heterocycles. The van der Waals surface area contributed by atoms with Gasteiger partial charge in [-0.1, -0.05) is 6.92 Å². The number of ether oxygens (including phenoxy) is 3. The molecule has 0 amide bonds. The first kappa shape index (κ1) is 15.6. The van der Waals surface area contributed by atoms with Crippen molar-refractivity contribution in [2.24, 2.45) is 5.73 Å². The second-order valence-corrected chi connectivity index (χ2v) is 4.85. The van der Waals surface area contributed by atoms with E-state index < -0.39 is 0 Å². The first-order chi connectivity index (χ1) is 9.01. The molecular formula is C15H25NO3. The lowest BCUT2D eigenvalue weighted by atomic mass is 10.1. The van der Waals surface area contributed by atoms with E-state index in [4.69, 9.17) is 19.9 Å². The predicted molar refractivity (Wildman–Crippen MR) is 77.3 cm³/mol. The fourth-order valence-electron chi connectivity index (χ4n) is 1.82. The van der Waals surface area contributed by atoms with Gasteiger partial charge >= 0.3 is 0 Å². The lowest BCUT2D eigenvalue weighted by Crippen LogP contribution is -2.18. The van der Waals surface area contributed by atoms with E-state index >= 15 is 0 Å². The van der Waals surface area contributed by atoms with E-state index in [0.29, 0.717) is 17.2 Å². The number of hydrogen-bond donors (Lipinski definition) is 1. The van der Waals surface area contributed by atoms with Gasteiger partial charge in [-0.15, -0.1) is 0 Å². The molecule has 0 saturated carbocycles. The summed E-state index contributed by atoms with van der Waals surface area (Å²) in [6, 6.07) is 4.02. The van der Waals surface area contributed by atoms with Gasteiger partial charge in [-0.05, 0) is 44.4 Å². The third kappa shape index (κ3) is 4.31. The summed E-state index contributed by atoms with van der Waals surface area (Å²) in [5.74, 6) is 2.04. The van der Waals surface area contributed by atoms with Crippen LogP contribution in [0.2, 0.25) is 0 Å². The van der Waals surface area contributed by atoms with Crippen LogP contribution in [0.3, 0.4) is 0 Å². The Morgan fingerprint density at radius 3 is 2.00 bits per heavy atom. The molecule has 4 heteroatoms. The van der Waals surface area contributed by atoms with Crippen LogP contribution >= 0.6 is 0 Å². The molecule has 0 aliphatic heterocycles. The van der Waals surface area contributed by atoms with Gasteiger partial charge in [0.25, 0.3) is 0 Å². The van der Waals surface area contributed by atoms with E-state index in [-0.39, 0.29) is 12.1 Å². The SMILES string of the molecule is CCC(C)Oc1c(OC)cc(CC(C)N)cc1OC. The fourth-order valence-corrected chi connectivity index (χ4v) is 1.82. The molecule has 2 atom stereocenters. The molecule has 1 rings (SSSR count). The number of hydrogen-bond acceptors (Lipinski definition) is 4. The molecule has 0 radical (unpaired) electrons. The highest BCUT2D eigenvalue weighted by atomic mass is 16.5. The van der Waals surface area contributed by atoms with E-state index in [2.05, 4.69) is 6.92 Å². The minimum Gasteiger partial charge on any atom is -0.493 e. The van der Waals surface area contributed by atoms with Gasteiger partial charge in [-0.3, -0.25) is 0 Å². The van der Waals surface area contributed by atoms with Gasteiger partial charge in [0.15, 0.2) is 11.5 Å². The first-order valence-corrected chi connectivity index (χ1v) is 6.68. The van der Waals surface area contributed by atoms with Crippen molar-refractivity contribution < 1.29 is 14.2 Å². The quantitative estimate of drug-likeness (QED) is 0.825. The van der Waals surface area contributed by atoms with Gasteiger partial charge < -0.3 is 19.9 Å². The zero-order valence-corrected chi connectivity index (χ0v) is 12.5. The van der Waals surface area contributed by atoms with E-state index in [9.17, 15) is 0 Å². The third-order valence-corrected chi connectivity index (χ3v) is 2.97. The molecule has 2 N–H and O–H groups in total. The van der Waals surface area contributed by atoms with E-state index in [1.165, 1.54) is 0 Å². The maximum atomic E-state index is 5.89. The summed E-state index contributed by atoms with van der Waals surface area (Å²) >= 11 is 0. The van der Waals surface area contributed by atoms with Crippen molar-refractivity contribution in [3.63, 3.8) is 0 Å². The van der Waals surface area contributed by atoms with Crippen LogP contribution in [-0.2, 0) is 6.42 Å². The first-order valence-electron chi connectivity index (χ1n) is 6.68. The van der Waals surface area contributed by atoms with Crippen molar-refractivity contribution in [3.05, 3.63) is 17.7 Å². The van der Waals surface area contributed by atoms with Crippen LogP contribution in [0.5, 0.6) is 17.2 Å². The Labute approximate surface area is 115 Å². The topological polar surface area (TPSA) is 53.7 Å². The summed E-state index contributed by atoms with van der Waals surface area (Å²) in [5.41, 5.74) is 6.92. The minimum atomic E-state index is 0.0933. The predicted octanol–water partition coefficient (Wildman–Crippen LogP) is 2.77. The zero-order valence-electron chi connectivity index (χ0n) is 12.5. The molecule has 4 nitrogen and oxygen atoms in total. The van der Waals surface area contributed by atoms with E-state index in [1.807, 2.05) is 26.0 Å². The number of nitrogens with two attached hydrogens (primary N) is 1. The highest BCUT2D eigenvalue weighted by Gasteiger charge is 2.16. The Bertz CT molecular complexity index is 379. The Kier molecular flexibility index (Phi) is 5.96. The molecule has 2 unspecified atom stereocenters. The molecule has 0 aromatic heterocycles. The average Bonchev–Trinajstić information content (AvgIpc) is 2.38. The van der Waals surface area contributed by atoms with Crippen LogP contribution in [0.15, 0.2) is 12.1 Å². The molecule has 0 aliphatic carbocycles. The average molecular weight is 267 g/mol. The van der Waals surface area contributed by atoms with Gasteiger partial charge in [-0.2, -0.15) is 0 Å². The molecule has 108 valence electrons. The summed E-state index contributed by atoms with van der Waals surface area (Å²) in [5, 5.41) is 0. The summed E-state index contributed by atoms with van der Waals surface area (Å²) in [4.78, 5) is 0. The molecule has 0 fully saturated rings. The number of benzene rings is 1. The molecule has 0 aliphatic rings. The normalized spacial score (nSPS) is 13.8. The summed E-state index contributed by atoms with van der Waals surface area (Å²) in [6.45, 7) is 6.07. The number of rotatable bonds is 7. The van der Waals surface area contributed by atoms with Gasteiger partial charge in [0, 0.05) is 6.04 Å². The van der Waals surface area contributed by atoms with Crippen molar-refractivity contribution in [2.75, 3.05) is 14.2 Å². The van der Waals surface area contributed by atoms with Crippen LogP contribution < -0.4 is 19.9 Å². The van der Waals surface area contributed by atoms with Crippen LogP contribution in [0.1, 0.15) is 32.8 Å². The molecule has 1 aromatic carbocycles. The molecule has 1 aromatic rings. The highest BCUT2D eigenvalue weighted by molar-refractivity contribution is 5.54. The maximum Gasteiger partial charge on any atom is 0.203 e. The minimum absolute atomic E-state index is 0.0933. The van der Waals surface area contributed by atoms with Crippen LogP contribution in [0.25, 0.3) is 0 Å². The molecule has 0 spiro atoms. The van der Waals surface area contributed by atoms with Gasteiger partial charge in [0.2, 0.25) is 5.75 Å². The Balaban J connectivity index is 3.13. The van der Waals surface area contributed by atoms with E-state index in [1.54, 1.807) is 14.2 Å². The lowest BCUT2D eigenvalue weighted by Gasteiger charge is -2.19. The maximum absolute atomic E-state index is 5.89. The number of methoxy groups -OCH3 is 2. The van der Waals surface area contributed by atoms with Crippen molar-refractivity contribution in [1.29, 1.82) is 0 Å². The zero-order chi connectivity index (χ0) is 14.4. The Hall–Kier alpha value is -1.42. The Morgan fingerprint density at radius 2 is 1.63 bits per heavy atom. The summed E-state index contributed by atoms with van der Waals surface area (Å²) in [7, 11) is 3.27. The largest absolute Gasteiger partial charge is 0.493 e. The monoisotopic (exact) mass is 267 g/mol. The summed E-state index contributed by atoms with van der Waals surface area (Å²) in [6.07, 6.45) is 1.81. The third-order valence-electron chi connectivity index (χ3n) is 2.97. The van der Waals surface area contributed by atoms with Crippen LogP contribution in [-0.4, -0.2) is 26.4 Å². The van der Waals surface area contributed by atoms with Crippen molar-refractivity contribution in [2.45, 2.75) is 45.8 Å². The second-order valence-electron chi connectivity index (χ2n) is 4.85. The Morgan fingerprint density at radius 1 is 1.11 bits per heavy atom. The summed E-state index contributed by atoms with van der Waals surface area (Å²) < 4.78 is 16.7. The van der Waals surface area contributed by atoms with Crippen LogP contribution in [0.4, 0.5) is 0 Å². The van der Waals surface area contributed by atoms with Crippen molar-refractivity contribution in [3.8, 4) is 17.2 Å². The fraction of sp³-hybridized carbons (Fsp3) is 0.600. The molecule has 19 heavy (non-hydrogen) atoms. The van der Waals surface area contributed by atoms with Crippen molar-refractivity contribution >= 4 is 0 Å². The highest BCUT2D eigenvalue weighted by Crippen LogP contribution is 2.39. The molecular weight excluding hydrogens is 242 g/mol. The van der Waals surface area contributed by atoms with Gasteiger partial charge in [0.05, 0.1) is 20.3 Å². The molecule has 0 saturated heterocycles. The van der Waals surface area contributed by atoms with Crippen LogP contribution in [0, 0.1) is 0 Å². The lowest BCUT2D eigenvalue weighted by molar-refractivity contribution is 0.198. The van der Waals surface area contributed by atoms with Gasteiger partial charge in [0.1, 0.15) is 0 Å². The van der Waals surface area contributed by atoms with Gasteiger partial charge in [-0.25, -0.2) is 0 Å². The van der Waals surface area contributed by atoms with E-state index in [0.717, 1.165) is 18.4 Å². The molecule has 0 bridgehead atoms. The second kappa shape index (κ2) is 7.24. The standard InChI is InChI=1S/C15H25NO3/c1-6-11(3)19-15-13(17-4)8-12(7-10(2)16)9-14(15)18-5/h8-11H,6-7,16H2,1-5H3.